The van der Waals surface area contributed by atoms with Crippen LogP contribution in [-0.2, 0) is 5.41 Å². The minimum absolute atomic E-state index is 0.153. The number of aryl methyl sites for hydroxylation is 1. The van der Waals surface area contributed by atoms with Crippen LogP contribution in [0.3, 0.4) is 0 Å². The molecular formula is C14H16N2OS. The highest BCUT2D eigenvalue weighted by molar-refractivity contribution is 7.13. The van der Waals surface area contributed by atoms with Gasteiger partial charge in [-0.2, -0.15) is 0 Å². The molecular weight excluding hydrogens is 244 g/mol. The molecule has 0 bridgehead atoms. The number of aliphatic hydroxyl groups excluding tert-OH is 1. The van der Waals surface area contributed by atoms with Crippen molar-refractivity contribution in [2.45, 2.75) is 31.6 Å². The monoisotopic (exact) mass is 260 g/mol. The summed E-state index contributed by atoms with van der Waals surface area (Å²) in [5.41, 5.74) is 2.05. The van der Waals surface area contributed by atoms with Crippen molar-refractivity contribution in [1.29, 1.82) is 0 Å². The van der Waals surface area contributed by atoms with Crippen molar-refractivity contribution in [1.82, 2.24) is 9.97 Å². The highest BCUT2D eigenvalue weighted by Gasteiger charge is 2.40. The van der Waals surface area contributed by atoms with Gasteiger partial charge in [-0.15, -0.1) is 11.3 Å². The molecule has 3 rings (SSSR count). The van der Waals surface area contributed by atoms with Gasteiger partial charge >= 0.3 is 0 Å². The van der Waals surface area contributed by atoms with Gasteiger partial charge < -0.3 is 5.11 Å². The normalized spacial score (nSPS) is 17.4. The largest absolute Gasteiger partial charge is 0.395 e. The van der Waals surface area contributed by atoms with Gasteiger partial charge in [-0.3, -0.25) is 0 Å². The van der Waals surface area contributed by atoms with Gasteiger partial charge in [0.25, 0.3) is 0 Å². The fourth-order valence-corrected chi connectivity index (χ4v) is 3.33. The van der Waals surface area contributed by atoms with Crippen molar-refractivity contribution in [2.24, 2.45) is 0 Å². The number of aromatic nitrogens is 2. The van der Waals surface area contributed by atoms with E-state index in [9.17, 15) is 5.11 Å². The van der Waals surface area contributed by atoms with Crippen LogP contribution < -0.4 is 0 Å². The van der Waals surface area contributed by atoms with Crippen molar-refractivity contribution in [3.8, 4) is 10.6 Å². The molecule has 3 nitrogen and oxygen atoms in total. The van der Waals surface area contributed by atoms with Crippen molar-refractivity contribution >= 4 is 11.3 Å². The molecule has 18 heavy (non-hydrogen) atoms. The minimum atomic E-state index is -0.179. The molecule has 4 heteroatoms. The van der Waals surface area contributed by atoms with E-state index in [1.807, 2.05) is 12.3 Å². The zero-order valence-corrected chi connectivity index (χ0v) is 11.2. The summed E-state index contributed by atoms with van der Waals surface area (Å²) in [5, 5.41) is 11.7. The van der Waals surface area contributed by atoms with Crippen LogP contribution in [0.4, 0.5) is 0 Å². The Kier molecular flexibility index (Phi) is 2.92. The molecule has 1 fully saturated rings. The lowest BCUT2D eigenvalue weighted by molar-refractivity contribution is 0.112. The van der Waals surface area contributed by atoms with E-state index >= 15 is 0 Å². The van der Waals surface area contributed by atoms with Crippen LogP contribution in [0.15, 0.2) is 23.7 Å². The van der Waals surface area contributed by atoms with Crippen LogP contribution in [0.2, 0.25) is 0 Å². The minimum Gasteiger partial charge on any atom is -0.395 e. The molecule has 0 saturated heterocycles. The second kappa shape index (κ2) is 4.44. The molecule has 0 amide bonds. The Balaban J connectivity index is 2.02. The Labute approximate surface area is 111 Å². The standard InChI is InChI=1S/C14H16N2OS/c1-10-4-8-18-12(10)11-3-7-15-13(16-11)14(9-17)5-2-6-14/h3-4,7-8,17H,2,5-6,9H2,1H3. The summed E-state index contributed by atoms with van der Waals surface area (Å²) in [6.45, 7) is 2.25. The molecule has 94 valence electrons. The lowest BCUT2D eigenvalue weighted by atomic mass is 9.68. The Morgan fingerprint density at radius 1 is 1.39 bits per heavy atom. The second-order valence-corrected chi connectivity index (χ2v) is 5.91. The summed E-state index contributed by atoms with van der Waals surface area (Å²) in [7, 11) is 0. The lowest BCUT2D eigenvalue weighted by Crippen LogP contribution is -2.39. The van der Waals surface area contributed by atoms with E-state index in [1.54, 1.807) is 11.3 Å². The molecule has 0 aromatic carbocycles. The molecule has 0 atom stereocenters. The van der Waals surface area contributed by atoms with Crippen LogP contribution in [0, 0.1) is 6.92 Å². The number of nitrogens with zero attached hydrogens (tertiary/aromatic N) is 2. The van der Waals surface area contributed by atoms with E-state index in [1.165, 1.54) is 10.4 Å². The van der Waals surface area contributed by atoms with Gasteiger partial charge in [0.15, 0.2) is 0 Å². The molecule has 1 aliphatic carbocycles. The van der Waals surface area contributed by atoms with Gasteiger partial charge in [0.05, 0.1) is 22.6 Å². The zero-order valence-electron chi connectivity index (χ0n) is 10.4. The van der Waals surface area contributed by atoms with Crippen molar-refractivity contribution in [2.75, 3.05) is 6.61 Å². The smallest absolute Gasteiger partial charge is 0.137 e. The molecule has 1 saturated carbocycles. The Morgan fingerprint density at radius 3 is 2.78 bits per heavy atom. The van der Waals surface area contributed by atoms with Gasteiger partial charge in [0.2, 0.25) is 0 Å². The molecule has 2 aromatic heterocycles. The third-order valence-corrected chi connectivity index (χ3v) is 4.88. The van der Waals surface area contributed by atoms with Crippen LogP contribution in [0.1, 0.15) is 30.7 Å². The Morgan fingerprint density at radius 2 is 2.22 bits per heavy atom. The first kappa shape index (κ1) is 11.8. The highest BCUT2D eigenvalue weighted by atomic mass is 32.1. The molecule has 2 aromatic rings. The first-order valence-electron chi connectivity index (χ1n) is 6.24. The predicted molar refractivity (Wildman–Crippen MR) is 72.7 cm³/mol. The summed E-state index contributed by atoms with van der Waals surface area (Å²) in [6, 6.07) is 4.05. The Bertz CT molecular complexity index is 555. The van der Waals surface area contributed by atoms with E-state index in [4.69, 9.17) is 0 Å². The van der Waals surface area contributed by atoms with Crippen molar-refractivity contribution in [3.63, 3.8) is 0 Å². The maximum absolute atomic E-state index is 9.59. The first-order valence-corrected chi connectivity index (χ1v) is 7.12. The molecule has 0 unspecified atom stereocenters. The van der Waals surface area contributed by atoms with E-state index in [-0.39, 0.29) is 12.0 Å². The van der Waals surface area contributed by atoms with Crippen molar-refractivity contribution < 1.29 is 5.11 Å². The number of hydrogen-bond donors (Lipinski definition) is 1. The topological polar surface area (TPSA) is 46.0 Å². The second-order valence-electron chi connectivity index (χ2n) is 4.99. The molecule has 0 radical (unpaired) electrons. The lowest BCUT2D eigenvalue weighted by Gasteiger charge is -2.38. The first-order chi connectivity index (χ1) is 8.75. The number of aliphatic hydroxyl groups is 1. The van der Waals surface area contributed by atoms with Crippen LogP contribution in [0.25, 0.3) is 10.6 Å². The molecule has 2 heterocycles. The molecule has 0 spiro atoms. The number of rotatable bonds is 3. The maximum Gasteiger partial charge on any atom is 0.137 e. The maximum atomic E-state index is 9.59. The van der Waals surface area contributed by atoms with E-state index < -0.39 is 0 Å². The van der Waals surface area contributed by atoms with Crippen molar-refractivity contribution in [3.05, 3.63) is 35.1 Å². The predicted octanol–water partition coefficient (Wildman–Crippen LogP) is 2.93. The van der Waals surface area contributed by atoms with Gasteiger partial charge in [-0.05, 0) is 42.8 Å². The van der Waals surface area contributed by atoms with Gasteiger partial charge in [-0.1, -0.05) is 6.42 Å². The summed E-state index contributed by atoms with van der Waals surface area (Å²) < 4.78 is 0. The van der Waals surface area contributed by atoms with E-state index in [0.29, 0.717) is 0 Å². The highest BCUT2D eigenvalue weighted by Crippen LogP contribution is 2.42. The average molecular weight is 260 g/mol. The fraction of sp³-hybridized carbons (Fsp3) is 0.429. The number of thiophene rings is 1. The summed E-state index contributed by atoms with van der Waals surface area (Å²) in [5.74, 6) is 0.807. The molecule has 0 aliphatic heterocycles. The number of hydrogen-bond acceptors (Lipinski definition) is 4. The SMILES string of the molecule is Cc1ccsc1-c1ccnc(C2(CO)CCC2)n1. The summed E-state index contributed by atoms with van der Waals surface area (Å²) in [4.78, 5) is 10.3. The molecule has 1 N–H and O–H groups in total. The van der Waals surface area contributed by atoms with Gasteiger partial charge in [0.1, 0.15) is 5.82 Å². The van der Waals surface area contributed by atoms with Crippen LogP contribution >= 0.6 is 11.3 Å². The van der Waals surface area contributed by atoms with E-state index in [0.717, 1.165) is 30.8 Å². The van der Waals surface area contributed by atoms with Crippen LogP contribution in [-0.4, -0.2) is 21.7 Å². The third-order valence-electron chi connectivity index (χ3n) is 3.84. The van der Waals surface area contributed by atoms with Gasteiger partial charge in [0, 0.05) is 6.20 Å². The average Bonchev–Trinajstić information content (AvgIpc) is 2.75. The van der Waals surface area contributed by atoms with E-state index in [2.05, 4.69) is 28.3 Å². The Hall–Kier alpha value is -1.26. The quantitative estimate of drug-likeness (QED) is 0.923. The van der Waals surface area contributed by atoms with Gasteiger partial charge in [-0.25, -0.2) is 9.97 Å². The summed E-state index contributed by atoms with van der Waals surface area (Å²) >= 11 is 1.70. The third kappa shape index (κ3) is 1.76. The summed E-state index contributed by atoms with van der Waals surface area (Å²) in [6.07, 6.45) is 4.96. The molecule has 1 aliphatic rings. The van der Waals surface area contributed by atoms with Crippen LogP contribution in [0.5, 0.6) is 0 Å². The zero-order chi connectivity index (χ0) is 12.6. The fourth-order valence-electron chi connectivity index (χ4n) is 2.43.